The molecule has 20 heavy (non-hydrogen) atoms. The van der Waals surface area contributed by atoms with Crippen molar-refractivity contribution in [1.82, 2.24) is 15.5 Å². The van der Waals surface area contributed by atoms with Crippen LogP contribution < -0.4 is 10.6 Å². The molecule has 1 fully saturated rings. The average molecular weight is 283 g/mol. The highest BCUT2D eigenvalue weighted by Crippen LogP contribution is 2.22. The van der Waals surface area contributed by atoms with Gasteiger partial charge in [-0.3, -0.25) is 9.59 Å². The first-order valence-corrected chi connectivity index (χ1v) is 7.83. The van der Waals surface area contributed by atoms with Gasteiger partial charge in [0.15, 0.2) is 0 Å². The van der Waals surface area contributed by atoms with E-state index in [0.29, 0.717) is 31.3 Å². The van der Waals surface area contributed by atoms with E-state index >= 15 is 0 Å². The Labute approximate surface area is 122 Å². The molecule has 5 heteroatoms. The number of amides is 2. The Morgan fingerprint density at radius 2 is 2.05 bits per heavy atom. The van der Waals surface area contributed by atoms with Crippen LogP contribution in [0.4, 0.5) is 0 Å². The zero-order chi connectivity index (χ0) is 15.0. The summed E-state index contributed by atoms with van der Waals surface area (Å²) in [5, 5.41) is 6.13. The number of carbonyl (C=O) groups excluding carboxylic acids is 2. The van der Waals surface area contributed by atoms with E-state index in [-0.39, 0.29) is 18.4 Å². The van der Waals surface area contributed by atoms with Crippen molar-refractivity contribution in [1.29, 1.82) is 0 Å². The third kappa shape index (κ3) is 5.49. The fourth-order valence-corrected chi connectivity index (χ4v) is 2.76. The third-order valence-corrected chi connectivity index (χ3v) is 4.20. The van der Waals surface area contributed by atoms with E-state index < -0.39 is 0 Å². The van der Waals surface area contributed by atoms with Crippen LogP contribution in [0, 0.1) is 11.8 Å². The Kier molecular flexibility index (Phi) is 7.59. The van der Waals surface area contributed by atoms with Gasteiger partial charge in [0.05, 0.1) is 6.54 Å². The van der Waals surface area contributed by atoms with Crippen molar-refractivity contribution in [2.75, 3.05) is 32.7 Å². The van der Waals surface area contributed by atoms with Crippen LogP contribution in [0.25, 0.3) is 0 Å². The zero-order valence-electron chi connectivity index (χ0n) is 13.1. The van der Waals surface area contributed by atoms with Gasteiger partial charge >= 0.3 is 0 Å². The van der Waals surface area contributed by atoms with Gasteiger partial charge in [0.2, 0.25) is 11.8 Å². The highest BCUT2D eigenvalue weighted by molar-refractivity contribution is 5.84. The molecule has 0 spiro atoms. The normalized spacial score (nSPS) is 20.2. The molecule has 0 aromatic rings. The summed E-state index contributed by atoms with van der Waals surface area (Å²) in [5.74, 6) is 0.929. The Morgan fingerprint density at radius 1 is 1.35 bits per heavy atom. The summed E-state index contributed by atoms with van der Waals surface area (Å²) in [6.45, 7) is 9.62. The molecule has 0 aliphatic carbocycles. The van der Waals surface area contributed by atoms with Crippen molar-refractivity contribution >= 4 is 11.8 Å². The smallest absolute Gasteiger partial charge is 0.241 e. The van der Waals surface area contributed by atoms with Gasteiger partial charge in [-0.25, -0.2) is 0 Å². The molecule has 1 saturated heterocycles. The average Bonchev–Trinajstić information content (AvgIpc) is 2.47. The summed E-state index contributed by atoms with van der Waals surface area (Å²) in [6.07, 6.45) is 2.90. The maximum absolute atomic E-state index is 11.9. The number of piperidine rings is 1. The third-order valence-electron chi connectivity index (χ3n) is 4.20. The summed E-state index contributed by atoms with van der Waals surface area (Å²) in [6, 6.07) is 0. The van der Waals surface area contributed by atoms with Crippen LogP contribution in [0.1, 0.15) is 40.0 Å². The Hall–Kier alpha value is -1.10. The molecule has 1 heterocycles. The molecule has 2 amide bonds. The minimum absolute atomic E-state index is 0.00432. The monoisotopic (exact) mass is 283 g/mol. The van der Waals surface area contributed by atoms with E-state index in [4.69, 9.17) is 0 Å². The molecule has 1 aliphatic rings. The number of nitrogens with zero attached hydrogens (tertiary/aromatic N) is 1. The molecule has 0 aromatic carbocycles. The molecule has 1 aliphatic heterocycles. The second-order valence-corrected chi connectivity index (χ2v) is 5.63. The molecule has 2 N–H and O–H groups in total. The molecular formula is C15H29N3O2. The number of hydrogen-bond acceptors (Lipinski definition) is 3. The van der Waals surface area contributed by atoms with Crippen molar-refractivity contribution in [3.8, 4) is 0 Å². The van der Waals surface area contributed by atoms with Gasteiger partial charge in [-0.1, -0.05) is 6.92 Å². The summed E-state index contributed by atoms with van der Waals surface area (Å²) < 4.78 is 0. The van der Waals surface area contributed by atoms with Gasteiger partial charge in [0.1, 0.15) is 0 Å². The first-order valence-electron chi connectivity index (χ1n) is 7.83. The van der Waals surface area contributed by atoms with E-state index in [1.54, 1.807) is 4.90 Å². The molecule has 2 unspecified atom stereocenters. The van der Waals surface area contributed by atoms with E-state index in [0.717, 1.165) is 13.1 Å². The highest BCUT2D eigenvalue weighted by atomic mass is 16.2. The number of likely N-dealkylation sites (N-methyl/N-ethyl adjacent to an activating group) is 1. The predicted octanol–water partition coefficient (Wildman–Crippen LogP) is 0.997. The number of hydrogen-bond donors (Lipinski definition) is 2. The number of carbonyl (C=O) groups is 2. The zero-order valence-corrected chi connectivity index (χ0v) is 13.1. The van der Waals surface area contributed by atoms with Crippen molar-refractivity contribution in [2.24, 2.45) is 11.8 Å². The molecule has 1 rings (SSSR count). The highest BCUT2D eigenvalue weighted by Gasteiger charge is 2.22. The second kappa shape index (κ2) is 8.95. The van der Waals surface area contributed by atoms with Gasteiger partial charge in [-0.2, -0.15) is 0 Å². The quantitative estimate of drug-likeness (QED) is 0.732. The van der Waals surface area contributed by atoms with Crippen LogP contribution in [0.5, 0.6) is 0 Å². The predicted molar refractivity (Wildman–Crippen MR) is 80.3 cm³/mol. The van der Waals surface area contributed by atoms with Crippen LogP contribution in [-0.4, -0.2) is 49.4 Å². The first-order chi connectivity index (χ1) is 9.58. The lowest BCUT2D eigenvalue weighted by Crippen LogP contribution is -2.41. The lowest BCUT2D eigenvalue weighted by Gasteiger charge is -2.28. The largest absolute Gasteiger partial charge is 0.347 e. The maximum Gasteiger partial charge on any atom is 0.241 e. The van der Waals surface area contributed by atoms with Gasteiger partial charge in [-0.05, 0) is 51.6 Å². The minimum atomic E-state index is -0.0106. The fraction of sp³-hybridized carbons (Fsp3) is 0.867. The van der Waals surface area contributed by atoms with Gasteiger partial charge in [0, 0.05) is 19.5 Å². The molecule has 0 saturated carbocycles. The van der Waals surface area contributed by atoms with Crippen molar-refractivity contribution in [2.45, 2.75) is 40.0 Å². The van der Waals surface area contributed by atoms with E-state index in [1.165, 1.54) is 12.8 Å². The van der Waals surface area contributed by atoms with Crippen LogP contribution in [0.3, 0.4) is 0 Å². The van der Waals surface area contributed by atoms with E-state index in [1.807, 2.05) is 13.8 Å². The van der Waals surface area contributed by atoms with E-state index in [2.05, 4.69) is 17.6 Å². The van der Waals surface area contributed by atoms with Gasteiger partial charge < -0.3 is 15.5 Å². The lowest BCUT2D eigenvalue weighted by molar-refractivity contribution is -0.132. The Bertz CT molecular complexity index is 310. The topological polar surface area (TPSA) is 61.4 Å². The molecule has 5 nitrogen and oxygen atoms in total. The maximum atomic E-state index is 11.9. The molecule has 0 bridgehead atoms. The minimum Gasteiger partial charge on any atom is -0.347 e. The van der Waals surface area contributed by atoms with Crippen molar-refractivity contribution in [3.05, 3.63) is 0 Å². The van der Waals surface area contributed by atoms with Crippen molar-refractivity contribution < 1.29 is 9.59 Å². The molecule has 0 aromatic heterocycles. The van der Waals surface area contributed by atoms with Crippen LogP contribution in [-0.2, 0) is 9.59 Å². The summed E-state index contributed by atoms with van der Waals surface area (Å²) in [5.41, 5.74) is 0. The summed E-state index contributed by atoms with van der Waals surface area (Å²) in [4.78, 5) is 25.4. The van der Waals surface area contributed by atoms with Crippen LogP contribution >= 0.6 is 0 Å². The fourth-order valence-electron chi connectivity index (χ4n) is 2.76. The number of rotatable bonds is 7. The Balaban J connectivity index is 2.27. The molecule has 116 valence electrons. The summed E-state index contributed by atoms with van der Waals surface area (Å²) >= 11 is 0. The SMILES string of the molecule is CCN(CC)C(=O)CNC(=O)CC(C)C1CCCNC1. The van der Waals surface area contributed by atoms with Crippen LogP contribution in [0.15, 0.2) is 0 Å². The number of nitrogens with one attached hydrogen (secondary N) is 2. The second-order valence-electron chi connectivity index (χ2n) is 5.63. The lowest BCUT2D eigenvalue weighted by atomic mass is 9.85. The van der Waals surface area contributed by atoms with Gasteiger partial charge in [-0.15, -0.1) is 0 Å². The molecule has 0 radical (unpaired) electrons. The Morgan fingerprint density at radius 3 is 2.60 bits per heavy atom. The molecule has 2 atom stereocenters. The van der Waals surface area contributed by atoms with Crippen LogP contribution in [0.2, 0.25) is 0 Å². The summed E-state index contributed by atoms with van der Waals surface area (Å²) in [7, 11) is 0. The van der Waals surface area contributed by atoms with Gasteiger partial charge in [0.25, 0.3) is 0 Å². The standard InChI is InChI=1S/C15H29N3O2/c1-4-18(5-2)15(20)11-17-14(19)9-12(3)13-7-6-8-16-10-13/h12-13,16H,4-11H2,1-3H3,(H,17,19). The first kappa shape index (κ1) is 17.0. The molecular weight excluding hydrogens is 254 g/mol. The van der Waals surface area contributed by atoms with E-state index in [9.17, 15) is 9.59 Å². The van der Waals surface area contributed by atoms with Crippen molar-refractivity contribution in [3.63, 3.8) is 0 Å².